The Kier molecular flexibility index (Phi) is 3.35. The summed E-state index contributed by atoms with van der Waals surface area (Å²) >= 11 is 0. The Morgan fingerprint density at radius 3 is 2.60 bits per heavy atom. The lowest BCUT2D eigenvalue weighted by Gasteiger charge is -2.08. The molecule has 0 amide bonds. The molecule has 3 heteroatoms. The van der Waals surface area contributed by atoms with Gasteiger partial charge in [0.1, 0.15) is 0 Å². The van der Waals surface area contributed by atoms with Crippen LogP contribution in [0.2, 0.25) is 0 Å². The van der Waals surface area contributed by atoms with E-state index in [2.05, 4.69) is 4.72 Å². The highest BCUT2D eigenvalue weighted by molar-refractivity contribution is 7.82. The van der Waals surface area contributed by atoms with Crippen molar-refractivity contribution in [3.8, 4) is 0 Å². The third kappa shape index (κ3) is 2.39. The Bertz CT molecular complexity index is 121. The van der Waals surface area contributed by atoms with Crippen molar-refractivity contribution in [3.05, 3.63) is 0 Å². The van der Waals surface area contributed by atoms with Crippen molar-refractivity contribution in [1.82, 2.24) is 4.72 Å². The van der Waals surface area contributed by atoms with Crippen LogP contribution in [0.1, 0.15) is 32.6 Å². The minimum Gasteiger partial charge on any atom is -0.243 e. The maximum atomic E-state index is 11.0. The van der Waals surface area contributed by atoms with Crippen LogP contribution in [0.25, 0.3) is 0 Å². The van der Waals surface area contributed by atoms with Gasteiger partial charge in [-0.1, -0.05) is 19.8 Å². The van der Waals surface area contributed by atoms with Crippen LogP contribution in [0.5, 0.6) is 0 Å². The monoisotopic (exact) mass is 161 g/mol. The van der Waals surface area contributed by atoms with E-state index in [4.69, 9.17) is 0 Å². The second kappa shape index (κ2) is 4.09. The second-order valence-corrected chi connectivity index (χ2v) is 4.24. The van der Waals surface area contributed by atoms with Gasteiger partial charge in [0.15, 0.2) is 0 Å². The highest BCUT2D eigenvalue weighted by Gasteiger charge is 2.15. The minimum atomic E-state index is -0.767. The fraction of sp³-hybridized carbons (Fsp3) is 1.00. The molecule has 0 aromatic rings. The standard InChI is InChI=1S/C7H15NOS/c1-2-10(9)8-7-5-3-4-6-7/h7-8H,2-6H2,1H3. The first-order valence-electron chi connectivity index (χ1n) is 3.97. The number of hydrogen-bond donors (Lipinski definition) is 1. The molecule has 0 saturated heterocycles. The van der Waals surface area contributed by atoms with Gasteiger partial charge in [-0.2, -0.15) is 0 Å². The topological polar surface area (TPSA) is 29.1 Å². The maximum Gasteiger partial charge on any atom is 0.0915 e. The van der Waals surface area contributed by atoms with Gasteiger partial charge < -0.3 is 0 Å². The van der Waals surface area contributed by atoms with Crippen molar-refractivity contribution in [1.29, 1.82) is 0 Å². The molecule has 1 saturated carbocycles. The molecule has 1 unspecified atom stereocenters. The molecule has 0 radical (unpaired) electrons. The number of rotatable bonds is 3. The zero-order valence-electron chi connectivity index (χ0n) is 6.43. The van der Waals surface area contributed by atoms with Gasteiger partial charge in [0.25, 0.3) is 0 Å². The van der Waals surface area contributed by atoms with E-state index in [9.17, 15) is 4.21 Å². The Morgan fingerprint density at radius 2 is 2.10 bits per heavy atom. The van der Waals surface area contributed by atoms with Gasteiger partial charge in [-0.15, -0.1) is 0 Å². The fourth-order valence-electron chi connectivity index (χ4n) is 1.31. The lowest BCUT2D eigenvalue weighted by molar-refractivity contribution is 0.618. The minimum absolute atomic E-state index is 0.542. The molecule has 1 rings (SSSR count). The van der Waals surface area contributed by atoms with Gasteiger partial charge in [0.05, 0.1) is 11.0 Å². The molecule has 1 aliphatic rings. The van der Waals surface area contributed by atoms with E-state index in [0.29, 0.717) is 6.04 Å². The summed E-state index contributed by atoms with van der Waals surface area (Å²) in [4.78, 5) is 0. The van der Waals surface area contributed by atoms with Gasteiger partial charge in [-0.25, -0.2) is 8.93 Å². The molecule has 1 atom stereocenters. The predicted molar refractivity (Wildman–Crippen MR) is 44.1 cm³/mol. The third-order valence-corrected chi connectivity index (χ3v) is 3.04. The SMILES string of the molecule is CCS(=O)NC1CCCC1. The molecule has 0 spiro atoms. The van der Waals surface area contributed by atoms with Crippen LogP contribution in [0.15, 0.2) is 0 Å². The summed E-state index contributed by atoms with van der Waals surface area (Å²) in [5, 5.41) is 0. The van der Waals surface area contributed by atoms with Gasteiger partial charge in [-0.05, 0) is 12.8 Å². The Hall–Kier alpha value is 0.110. The molecular weight excluding hydrogens is 146 g/mol. The Labute approximate surface area is 65.0 Å². The van der Waals surface area contributed by atoms with Crippen LogP contribution >= 0.6 is 0 Å². The van der Waals surface area contributed by atoms with Crippen LogP contribution in [0.4, 0.5) is 0 Å². The van der Waals surface area contributed by atoms with E-state index >= 15 is 0 Å². The summed E-state index contributed by atoms with van der Waals surface area (Å²) in [6.45, 7) is 1.94. The molecule has 2 nitrogen and oxygen atoms in total. The van der Waals surface area contributed by atoms with Gasteiger partial charge in [0, 0.05) is 11.8 Å². The van der Waals surface area contributed by atoms with E-state index < -0.39 is 11.0 Å². The summed E-state index contributed by atoms with van der Waals surface area (Å²) in [6, 6.07) is 0.542. The Morgan fingerprint density at radius 1 is 1.50 bits per heavy atom. The largest absolute Gasteiger partial charge is 0.243 e. The highest BCUT2D eigenvalue weighted by atomic mass is 32.2. The van der Waals surface area contributed by atoms with Crippen molar-refractivity contribution in [3.63, 3.8) is 0 Å². The van der Waals surface area contributed by atoms with E-state index in [1.807, 2.05) is 6.92 Å². The van der Waals surface area contributed by atoms with Gasteiger partial charge in [-0.3, -0.25) is 0 Å². The van der Waals surface area contributed by atoms with Gasteiger partial charge in [0.2, 0.25) is 0 Å². The van der Waals surface area contributed by atoms with Crippen molar-refractivity contribution in [2.75, 3.05) is 5.75 Å². The second-order valence-electron chi connectivity index (χ2n) is 2.73. The summed E-state index contributed by atoms with van der Waals surface area (Å²) in [7, 11) is -0.767. The summed E-state index contributed by atoms with van der Waals surface area (Å²) < 4.78 is 14.1. The highest BCUT2D eigenvalue weighted by Crippen LogP contribution is 2.17. The van der Waals surface area contributed by atoms with Crippen molar-refractivity contribution in [2.24, 2.45) is 0 Å². The summed E-state index contributed by atoms with van der Waals surface area (Å²) in [5.41, 5.74) is 0. The number of nitrogens with one attached hydrogen (secondary N) is 1. The summed E-state index contributed by atoms with van der Waals surface area (Å²) in [5.74, 6) is 0.733. The molecule has 0 aliphatic heterocycles. The van der Waals surface area contributed by atoms with Crippen LogP contribution < -0.4 is 4.72 Å². The normalized spacial score (nSPS) is 23.3. The first-order chi connectivity index (χ1) is 4.83. The molecule has 60 valence electrons. The molecule has 10 heavy (non-hydrogen) atoms. The average molecular weight is 161 g/mol. The third-order valence-electron chi connectivity index (χ3n) is 1.92. The quantitative estimate of drug-likeness (QED) is 0.662. The van der Waals surface area contributed by atoms with Crippen molar-refractivity contribution >= 4 is 11.0 Å². The Balaban J connectivity index is 2.17. The van der Waals surface area contributed by atoms with E-state index in [1.54, 1.807) is 0 Å². The van der Waals surface area contributed by atoms with Crippen LogP contribution in [0.3, 0.4) is 0 Å². The zero-order chi connectivity index (χ0) is 7.40. The zero-order valence-corrected chi connectivity index (χ0v) is 7.25. The molecular formula is C7H15NOS. The van der Waals surface area contributed by atoms with Crippen LogP contribution in [-0.4, -0.2) is 16.0 Å². The molecule has 0 aromatic heterocycles. The smallest absolute Gasteiger partial charge is 0.0915 e. The first kappa shape index (κ1) is 8.21. The van der Waals surface area contributed by atoms with Crippen molar-refractivity contribution < 1.29 is 4.21 Å². The van der Waals surface area contributed by atoms with Gasteiger partial charge >= 0.3 is 0 Å². The molecule has 1 aliphatic carbocycles. The van der Waals surface area contributed by atoms with Crippen molar-refractivity contribution in [2.45, 2.75) is 38.6 Å². The molecule has 1 fully saturated rings. The summed E-state index contributed by atoms with van der Waals surface area (Å²) in [6.07, 6.45) is 5.04. The van der Waals surface area contributed by atoms with E-state index in [-0.39, 0.29) is 0 Å². The lowest BCUT2D eigenvalue weighted by atomic mass is 10.3. The average Bonchev–Trinajstić information content (AvgIpc) is 2.40. The molecule has 0 aromatic carbocycles. The van der Waals surface area contributed by atoms with E-state index in [0.717, 1.165) is 5.75 Å². The predicted octanol–water partition coefficient (Wildman–Crippen LogP) is 1.20. The van der Waals surface area contributed by atoms with Crippen LogP contribution in [0, 0.1) is 0 Å². The molecule has 1 N–H and O–H groups in total. The fourth-order valence-corrected chi connectivity index (χ4v) is 2.09. The molecule has 0 heterocycles. The van der Waals surface area contributed by atoms with E-state index in [1.165, 1.54) is 25.7 Å². The molecule has 0 bridgehead atoms. The number of hydrogen-bond acceptors (Lipinski definition) is 1. The first-order valence-corrected chi connectivity index (χ1v) is 5.29. The maximum absolute atomic E-state index is 11.0. The van der Waals surface area contributed by atoms with Crippen LogP contribution in [-0.2, 0) is 11.0 Å². The lowest BCUT2D eigenvalue weighted by Crippen LogP contribution is -2.28.